The number of nitrogens with zero attached hydrogens (tertiary/aromatic N) is 2. The maximum absolute atomic E-state index is 11.9. The number of rotatable bonds is 7. The van der Waals surface area contributed by atoms with Gasteiger partial charge in [0.15, 0.2) is 0 Å². The number of thioether (sulfide) groups is 1. The molecule has 0 saturated carbocycles. The van der Waals surface area contributed by atoms with Gasteiger partial charge in [-0.2, -0.15) is 0 Å². The number of amides is 2. The Kier molecular flexibility index (Phi) is 6.92. The summed E-state index contributed by atoms with van der Waals surface area (Å²) in [6, 6.07) is 8.33. The van der Waals surface area contributed by atoms with Crippen LogP contribution in [0.25, 0.3) is 0 Å². The van der Waals surface area contributed by atoms with Gasteiger partial charge in [-0.25, -0.2) is 0 Å². The van der Waals surface area contributed by atoms with E-state index in [0.717, 1.165) is 25.9 Å². The van der Waals surface area contributed by atoms with E-state index in [1.165, 1.54) is 10.5 Å². The van der Waals surface area contributed by atoms with Crippen LogP contribution in [-0.4, -0.2) is 61.1 Å². The van der Waals surface area contributed by atoms with Crippen molar-refractivity contribution >= 4 is 23.6 Å². The third kappa shape index (κ3) is 5.88. The maximum atomic E-state index is 11.9. The molecular formula is C17H25N3O2S. The molecule has 0 radical (unpaired) electrons. The molecule has 23 heavy (non-hydrogen) atoms. The molecule has 1 aliphatic heterocycles. The van der Waals surface area contributed by atoms with Crippen molar-refractivity contribution in [2.24, 2.45) is 0 Å². The van der Waals surface area contributed by atoms with E-state index in [2.05, 4.69) is 35.8 Å². The molecule has 0 atom stereocenters. The van der Waals surface area contributed by atoms with E-state index in [1.807, 2.05) is 16.8 Å². The van der Waals surface area contributed by atoms with Gasteiger partial charge in [-0.1, -0.05) is 12.1 Å². The highest BCUT2D eigenvalue weighted by Crippen LogP contribution is 2.15. The molecule has 1 aliphatic rings. The lowest BCUT2D eigenvalue weighted by Gasteiger charge is -2.18. The first-order valence-electron chi connectivity index (χ1n) is 7.94. The summed E-state index contributed by atoms with van der Waals surface area (Å²) in [5, 5.41) is 2.72. The summed E-state index contributed by atoms with van der Waals surface area (Å²) in [6.45, 7) is 2.75. The summed E-state index contributed by atoms with van der Waals surface area (Å²) in [4.78, 5) is 28.8. The molecule has 6 heteroatoms. The molecule has 5 nitrogen and oxygen atoms in total. The number of hydrogen-bond donors (Lipinski definition) is 1. The number of likely N-dealkylation sites (N-methyl/N-ethyl adjacent to an activating group) is 1. The van der Waals surface area contributed by atoms with Gasteiger partial charge in [0.1, 0.15) is 0 Å². The molecule has 0 bridgehead atoms. The summed E-state index contributed by atoms with van der Waals surface area (Å²) in [6.07, 6.45) is 4.18. The maximum Gasteiger partial charge on any atom is 0.241 e. The molecule has 1 aromatic rings. The fourth-order valence-electron chi connectivity index (χ4n) is 2.65. The summed E-state index contributed by atoms with van der Waals surface area (Å²) < 4.78 is 0. The summed E-state index contributed by atoms with van der Waals surface area (Å²) in [5.74, 6) is -0.0908. The zero-order valence-electron chi connectivity index (χ0n) is 13.9. The second-order valence-corrected chi connectivity index (χ2v) is 6.76. The zero-order chi connectivity index (χ0) is 16.7. The average Bonchev–Trinajstić information content (AvgIpc) is 3.07. The Bertz CT molecular complexity index is 527. The molecule has 1 N–H and O–H groups in total. The second kappa shape index (κ2) is 8.93. The first-order valence-corrected chi connectivity index (χ1v) is 9.17. The minimum atomic E-state index is -0.110. The van der Waals surface area contributed by atoms with E-state index in [9.17, 15) is 9.59 Å². The van der Waals surface area contributed by atoms with E-state index >= 15 is 0 Å². The van der Waals surface area contributed by atoms with E-state index < -0.39 is 0 Å². The highest BCUT2D eigenvalue weighted by atomic mass is 32.2. The van der Waals surface area contributed by atoms with Crippen LogP contribution >= 0.6 is 11.8 Å². The molecule has 126 valence electrons. The Labute approximate surface area is 142 Å². The van der Waals surface area contributed by atoms with Crippen molar-refractivity contribution in [1.29, 1.82) is 0 Å². The Morgan fingerprint density at radius 1 is 1.22 bits per heavy atom. The molecule has 1 heterocycles. The molecule has 1 fully saturated rings. The Hall–Kier alpha value is -1.53. The van der Waals surface area contributed by atoms with Gasteiger partial charge in [-0.3, -0.25) is 14.5 Å². The van der Waals surface area contributed by atoms with Crippen molar-refractivity contribution in [3.8, 4) is 0 Å². The van der Waals surface area contributed by atoms with E-state index in [-0.39, 0.29) is 24.9 Å². The van der Waals surface area contributed by atoms with Gasteiger partial charge in [0.25, 0.3) is 0 Å². The summed E-state index contributed by atoms with van der Waals surface area (Å²) in [5.41, 5.74) is 1.17. The fourth-order valence-corrected chi connectivity index (χ4v) is 3.06. The predicted octanol–water partition coefficient (Wildman–Crippen LogP) is 1.58. The van der Waals surface area contributed by atoms with Gasteiger partial charge < -0.3 is 10.2 Å². The van der Waals surface area contributed by atoms with Gasteiger partial charge in [0.2, 0.25) is 11.8 Å². The first-order chi connectivity index (χ1) is 11.1. The molecular weight excluding hydrogens is 310 g/mol. The van der Waals surface area contributed by atoms with Gasteiger partial charge >= 0.3 is 0 Å². The number of hydrogen-bond acceptors (Lipinski definition) is 4. The Morgan fingerprint density at radius 3 is 2.48 bits per heavy atom. The topological polar surface area (TPSA) is 52.7 Å². The Morgan fingerprint density at radius 2 is 1.87 bits per heavy atom. The van der Waals surface area contributed by atoms with Crippen LogP contribution in [0.5, 0.6) is 0 Å². The average molecular weight is 335 g/mol. The van der Waals surface area contributed by atoms with Crippen LogP contribution in [0, 0.1) is 0 Å². The summed E-state index contributed by atoms with van der Waals surface area (Å²) >= 11 is 1.71. The fraction of sp³-hybridized carbons (Fsp3) is 0.529. The standard InChI is InChI=1S/C17H25N3O2S/c1-19(12-14-5-7-15(23-2)8-6-14)13-16(21)18-11-17(22)20-9-3-4-10-20/h5-8H,3-4,9-13H2,1-2H3,(H,18,21). The monoisotopic (exact) mass is 335 g/mol. The van der Waals surface area contributed by atoms with Crippen molar-refractivity contribution in [2.75, 3.05) is 39.5 Å². The van der Waals surface area contributed by atoms with E-state index in [4.69, 9.17) is 0 Å². The minimum absolute atomic E-state index is 0.0196. The van der Waals surface area contributed by atoms with Crippen LogP contribution in [0.4, 0.5) is 0 Å². The lowest BCUT2D eigenvalue weighted by molar-refractivity contribution is -0.132. The number of benzene rings is 1. The number of carbonyl (C=O) groups excluding carboxylic acids is 2. The smallest absolute Gasteiger partial charge is 0.241 e. The van der Waals surface area contributed by atoms with Gasteiger partial charge in [0, 0.05) is 24.5 Å². The van der Waals surface area contributed by atoms with Crippen LogP contribution in [0.3, 0.4) is 0 Å². The largest absolute Gasteiger partial charge is 0.346 e. The molecule has 1 aromatic carbocycles. The lowest BCUT2D eigenvalue weighted by Crippen LogP contribution is -2.42. The van der Waals surface area contributed by atoms with Crippen molar-refractivity contribution in [3.05, 3.63) is 29.8 Å². The van der Waals surface area contributed by atoms with E-state index in [1.54, 1.807) is 11.8 Å². The van der Waals surface area contributed by atoms with Crippen molar-refractivity contribution < 1.29 is 9.59 Å². The zero-order valence-corrected chi connectivity index (χ0v) is 14.7. The van der Waals surface area contributed by atoms with Crippen molar-refractivity contribution in [2.45, 2.75) is 24.3 Å². The Balaban J connectivity index is 1.70. The number of carbonyl (C=O) groups is 2. The lowest BCUT2D eigenvalue weighted by atomic mass is 10.2. The predicted molar refractivity (Wildman–Crippen MR) is 93.4 cm³/mol. The number of nitrogens with one attached hydrogen (secondary N) is 1. The molecule has 0 aliphatic carbocycles. The van der Waals surface area contributed by atoms with Crippen LogP contribution in [0.2, 0.25) is 0 Å². The van der Waals surface area contributed by atoms with Gasteiger partial charge in [-0.15, -0.1) is 11.8 Å². The third-order valence-electron chi connectivity index (χ3n) is 3.92. The third-order valence-corrected chi connectivity index (χ3v) is 4.66. The summed E-state index contributed by atoms with van der Waals surface area (Å²) in [7, 11) is 1.91. The van der Waals surface area contributed by atoms with Crippen molar-refractivity contribution in [1.82, 2.24) is 15.1 Å². The van der Waals surface area contributed by atoms with Gasteiger partial charge in [0.05, 0.1) is 13.1 Å². The quantitative estimate of drug-likeness (QED) is 0.769. The molecule has 0 unspecified atom stereocenters. The molecule has 2 amide bonds. The molecule has 0 spiro atoms. The minimum Gasteiger partial charge on any atom is -0.346 e. The second-order valence-electron chi connectivity index (χ2n) is 5.88. The van der Waals surface area contributed by atoms with Crippen LogP contribution < -0.4 is 5.32 Å². The van der Waals surface area contributed by atoms with Crippen molar-refractivity contribution in [3.63, 3.8) is 0 Å². The molecule has 2 rings (SSSR count). The SMILES string of the molecule is CSc1ccc(CN(C)CC(=O)NCC(=O)N2CCCC2)cc1. The van der Waals surface area contributed by atoms with Crippen LogP contribution in [0.1, 0.15) is 18.4 Å². The highest BCUT2D eigenvalue weighted by molar-refractivity contribution is 7.98. The first kappa shape index (κ1) is 17.8. The number of likely N-dealkylation sites (tertiary alicyclic amines) is 1. The van der Waals surface area contributed by atoms with Gasteiger partial charge in [-0.05, 0) is 43.8 Å². The normalized spacial score (nSPS) is 14.3. The van der Waals surface area contributed by atoms with Crippen LogP contribution in [0.15, 0.2) is 29.2 Å². The molecule has 0 aromatic heterocycles. The highest BCUT2D eigenvalue weighted by Gasteiger charge is 2.18. The van der Waals surface area contributed by atoms with E-state index in [0.29, 0.717) is 6.54 Å². The molecule has 1 saturated heterocycles. The van der Waals surface area contributed by atoms with Crippen LogP contribution in [-0.2, 0) is 16.1 Å².